The number of carbonyl (C=O) groups is 1. The molecule has 15 heavy (non-hydrogen) atoms. The molecule has 0 aromatic heterocycles. The quantitative estimate of drug-likeness (QED) is 0.777. The Labute approximate surface area is 87.8 Å². The zero-order valence-corrected chi connectivity index (χ0v) is 8.97. The van der Waals surface area contributed by atoms with Gasteiger partial charge in [-0.1, -0.05) is 24.3 Å². The van der Waals surface area contributed by atoms with Gasteiger partial charge >= 0.3 is 8.25 Å². The van der Waals surface area contributed by atoms with E-state index < -0.39 is 14.4 Å². The normalized spacial score (nSPS) is 22.2. The van der Waals surface area contributed by atoms with E-state index in [-0.39, 0.29) is 5.78 Å². The molecule has 2 rings (SSSR count). The molecule has 4 nitrogen and oxygen atoms in total. The molecular weight excluding hydrogens is 215 g/mol. The SMILES string of the molecule is O=C1c2ccccc2CCC1O[PH](=O)O. The Morgan fingerprint density at radius 3 is 2.87 bits per heavy atom. The van der Waals surface area contributed by atoms with Crippen molar-refractivity contribution < 1.29 is 18.8 Å². The summed E-state index contributed by atoms with van der Waals surface area (Å²) in [5.41, 5.74) is 1.59. The fraction of sp³-hybridized carbons (Fsp3) is 0.300. The molecule has 1 aliphatic carbocycles. The fourth-order valence-corrected chi connectivity index (χ4v) is 2.27. The van der Waals surface area contributed by atoms with Gasteiger partial charge in [-0.15, -0.1) is 0 Å². The molecule has 0 aliphatic heterocycles. The van der Waals surface area contributed by atoms with E-state index in [0.29, 0.717) is 18.4 Å². The first-order valence-electron chi connectivity index (χ1n) is 4.70. The van der Waals surface area contributed by atoms with E-state index >= 15 is 0 Å². The lowest BCUT2D eigenvalue weighted by molar-refractivity contribution is 0.0752. The van der Waals surface area contributed by atoms with E-state index in [1.807, 2.05) is 12.1 Å². The van der Waals surface area contributed by atoms with Gasteiger partial charge in [-0.2, -0.15) is 0 Å². The number of fused-ring (bicyclic) bond motifs is 1. The monoisotopic (exact) mass is 226 g/mol. The van der Waals surface area contributed by atoms with Gasteiger partial charge in [0, 0.05) is 5.56 Å². The minimum absolute atomic E-state index is 0.191. The van der Waals surface area contributed by atoms with Crippen molar-refractivity contribution in [1.29, 1.82) is 0 Å². The molecule has 2 atom stereocenters. The van der Waals surface area contributed by atoms with Crippen molar-refractivity contribution in [2.45, 2.75) is 18.9 Å². The van der Waals surface area contributed by atoms with Crippen LogP contribution in [0.4, 0.5) is 0 Å². The first kappa shape index (κ1) is 10.6. The van der Waals surface area contributed by atoms with Gasteiger partial charge in [0.05, 0.1) is 0 Å². The lowest BCUT2D eigenvalue weighted by Crippen LogP contribution is -2.28. The van der Waals surface area contributed by atoms with E-state index in [1.54, 1.807) is 12.1 Å². The Bertz CT molecular complexity index is 416. The zero-order valence-electron chi connectivity index (χ0n) is 7.97. The van der Waals surface area contributed by atoms with Gasteiger partial charge < -0.3 is 4.89 Å². The van der Waals surface area contributed by atoms with Crippen molar-refractivity contribution in [3.63, 3.8) is 0 Å². The van der Waals surface area contributed by atoms with Gasteiger partial charge in [-0.3, -0.25) is 13.9 Å². The van der Waals surface area contributed by atoms with Crippen LogP contribution in [-0.4, -0.2) is 16.8 Å². The molecule has 5 heteroatoms. The van der Waals surface area contributed by atoms with E-state index in [9.17, 15) is 9.36 Å². The molecule has 1 aromatic rings. The molecule has 0 fully saturated rings. The van der Waals surface area contributed by atoms with Gasteiger partial charge in [0.2, 0.25) is 0 Å². The van der Waals surface area contributed by atoms with E-state index in [4.69, 9.17) is 9.42 Å². The second-order valence-electron chi connectivity index (χ2n) is 3.43. The van der Waals surface area contributed by atoms with Crippen LogP contribution in [0.2, 0.25) is 0 Å². The molecule has 2 unspecified atom stereocenters. The van der Waals surface area contributed by atoms with Crippen LogP contribution in [0.25, 0.3) is 0 Å². The predicted octanol–water partition coefficient (Wildman–Crippen LogP) is 1.58. The Morgan fingerprint density at radius 2 is 2.13 bits per heavy atom. The highest BCUT2D eigenvalue weighted by Gasteiger charge is 2.28. The molecule has 0 amide bonds. The highest BCUT2D eigenvalue weighted by Crippen LogP contribution is 2.28. The third-order valence-corrected chi connectivity index (χ3v) is 2.98. The van der Waals surface area contributed by atoms with E-state index in [1.165, 1.54) is 0 Å². The Kier molecular flexibility index (Phi) is 3.00. The molecule has 0 spiro atoms. The Morgan fingerprint density at radius 1 is 1.40 bits per heavy atom. The number of carbonyl (C=O) groups excluding carboxylic acids is 1. The molecular formula is C10H11O4P. The molecule has 0 saturated heterocycles. The van der Waals surface area contributed by atoms with Crippen LogP contribution in [0.1, 0.15) is 22.3 Å². The Hall–Kier alpha value is -0.960. The third-order valence-electron chi connectivity index (χ3n) is 2.49. The minimum Gasteiger partial charge on any atom is -0.326 e. The highest BCUT2D eigenvalue weighted by atomic mass is 31.1. The topological polar surface area (TPSA) is 63.6 Å². The van der Waals surface area contributed by atoms with Crippen LogP contribution in [-0.2, 0) is 15.5 Å². The summed E-state index contributed by atoms with van der Waals surface area (Å²) in [6, 6.07) is 7.27. The average Bonchev–Trinajstić information content (AvgIpc) is 2.22. The molecule has 0 heterocycles. The number of Topliss-reactive ketones (excluding diaryl/α,β-unsaturated/α-hetero) is 1. The number of benzene rings is 1. The van der Waals surface area contributed by atoms with Crippen molar-refractivity contribution in [3.05, 3.63) is 35.4 Å². The van der Waals surface area contributed by atoms with Gasteiger partial charge in [-0.05, 0) is 18.4 Å². The van der Waals surface area contributed by atoms with E-state index in [0.717, 1.165) is 5.56 Å². The molecule has 80 valence electrons. The smallest absolute Gasteiger partial charge is 0.317 e. The Balaban J connectivity index is 2.26. The molecule has 1 aromatic carbocycles. The van der Waals surface area contributed by atoms with Gasteiger partial charge in [0.15, 0.2) is 5.78 Å². The second kappa shape index (κ2) is 4.27. The standard InChI is InChI=1S/C10H11O4P/c11-10-8-4-2-1-3-7(8)5-6-9(10)14-15(12)13/h1-4,9,15H,5-6H2,(H,12,13). The molecule has 1 N–H and O–H groups in total. The number of rotatable bonds is 2. The predicted molar refractivity (Wildman–Crippen MR) is 55.2 cm³/mol. The number of hydrogen-bond acceptors (Lipinski definition) is 3. The van der Waals surface area contributed by atoms with Crippen molar-refractivity contribution in [1.82, 2.24) is 0 Å². The summed E-state index contributed by atoms with van der Waals surface area (Å²) in [5.74, 6) is -0.191. The molecule has 0 radical (unpaired) electrons. The van der Waals surface area contributed by atoms with Crippen LogP contribution < -0.4 is 0 Å². The summed E-state index contributed by atoms with van der Waals surface area (Å²) >= 11 is 0. The summed E-state index contributed by atoms with van der Waals surface area (Å²) in [6.45, 7) is 0. The van der Waals surface area contributed by atoms with Crippen LogP contribution >= 0.6 is 8.25 Å². The minimum atomic E-state index is -3.04. The lowest BCUT2D eigenvalue weighted by Gasteiger charge is -2.21. The van der Waals surface area contributed by atoms with Gasteiger partial charge in [-0.25, -0.2) is 0 Å². The highest BCUT2D eigenvalue weighted by molar-refractivity contribution is 7.32. The summed E-state index contributed by atoms with van der Waals surface area (Å²) in [6.07, 6.45) is 0.436. The number of ketones is 1. The van der Waals surface area contributed by atoms with Crippen molar-refractivity contribution in [2.24, 2.45) is 0 Å². The average molecular weight is 226 g/mol. The van der Waals surface area contributed by atoms with Crippen LogP contribution in [0, 0.1) is 0 Å². The maximum absolute atomic E-state index is 11.8. The first-order chi connectivity index (χ1) is 7.18. The number of aryl methyl sites for hydroxylation is 1. The zero-order chi connectivity index (χ0) is 10.8. The van der Waals surface area contributed by atoms with E-state index in [2.05, 4.69) is 0 Å². The molecule has 1 aliphatic rings. The maximum atomic E-state index is 11.8. The van der Waals surface area contributed by atoms with Crippen molar-refractivity contribution in [2.75, 3.05) is 0 Å². The van der Waals surface area contributed by atoms with Crippen molar-refractivity contribution in [3.8, 4) is 0 Å². The summed E-state index contributed by atoms with van der Waals surface area (Å²) < 4.78 is 15.2. The van der Waals surface area contributed by atoms with Gasteiger partial charge in [0.1, 0.15) is 6.10 Å². The van der Waals surface area contributed by atoms with Gasteiger partial charge in [0.25, 0.3) is 0 Å². The summed E-state index contributed by atoms with van der Waals surface area (Å²) in [4.78, 5) is 20.4. The molecule has 0 bridgehead atoms. The van der Waals surface area contributed by atoms with Crippen molar-refractivity contribution >= 4 is 14.0 Å². The lowest BCUT2D eigenvalue weighted by atomic mass is 9.89. The fourth-order valence-electron chi connectivity index (χ4n) is 1.80. The summed E-state index contributed by atoms with van der Waals surface area (Å²) in [7, 11) is -3.04. The van der Waals surface area contributed by atoms with Crippen LogP contribution in [0.5, 0.6) is 0 Å². The first-order valence-corrected chi connectivity index (χ1v) is 5.96. The maximum Gasteiger partial charge on any atom is 0.317 e. The third kappa shape index (κ3) is 2.17. The number of hydrogen-bond donors (Lipinski definition) is 1. The van der Waals surface area contributed by atoms with Crippen LogP contribution in [0.15, 0.2) is 24.3 Å². The molecule has 0 saturated carbocycles. The summed E-state index contributed by atoms with van der Waals surface area (Å²) in [5, 5.41) is 0. The largest absolute Gasteiger partial charge is 0.326 e. The van der Waals surface area contributed by atoms with Crippen LogP contribution in [0.3, 0.4) is 0 Å². The second-order valence-corrected chi connectivity index (χ2v) is 4.20.